The summed E-state index contributed by atoms with van der Waals surface area (Å²) in [6.07, 6.45) is 9.15. The van der Waals surface area contributed by atoms with Crippen LogP contribution in [0.2, 0.25) is 0 Å². The zero-order chi connectivity index (χ0) is 31.8. The van der Waals surface area contributed by atoms with Crippen molar-refractivity contribution >= 4 is 28.8 Å². The van der Waals surface area contributed by atoms with Crippen molar-refractivity contribution in [3.63, 3.8) is 0 Å². The average molecular weight is 634 g/mol. The number of hydrogen-bond acceptors (Lipinski definition) is 7. The number of amides is 2. The summed E-state index contributed by atoms with van der Waals surface area (Å²) in [6, 6.07) is 14.8. The van der Waals surface area contributed by atoms with Gasteiger partial charge in [-0.25, -0.2) is 4.98 Å². The smallest absolute Gasteiger partial charge is 0.273 e. The van der Waals surface area contributed by atoms with Crippen LogP contribution in [0.4, 0.5) is 5.69 Å². The number of anilines is 1. The third-order valence-electron chi connectivity index (χ3n) is 9.60. The summed E-state index contributed by atoms with van der Waals surface area (Å²) in [5.41, 5.74) is 4.52. The maximum Gasteiger partial charge on any atom is 0.273 e. The Morgan fingerprint density at radius 1 is 0.933 bits per heavy atom. The Balaban J connectivity index is 1.29. The number of carbonyl (C=O) groups is 2. The van der Waals surface area contributed by atoms with Gasteiger partial charge in [-0.15, -0.1) is 0 Å². The first kappa shape index (κ1) is 32.9. The molecule has 2 amide bonds. The van der Waals surface area contributed by atoms with E-state index in [0.717, 1.165) is 73.2 Å². The summed E-state index contributed by atoms with van der Waals surface area (Å²) in [4.78, 5) is 34.4. The van der Waals surface area contributed by atoms with Gasteiger partial charge in [0, 0.05) is 43.9 Å². The van der Waals surface area contributed by atoms with E-state index in [0.29, 0.717) is 36.7 Å². The lowest BCUT2D eigenvalue weighted by atomic mass is 9.77. The number of aryl methyl sites for hydroxylation is 1. The number of thiazole rings is 1. The van der Waals surface area contributed by atoms with Gasteiger partial charge in [0.1, 0.15) is 5.75 Å². The van der Waals surface area contributed by atoms with Gasteiger partial charge in [0.05, 0.1) is 25.7 Å². The van der Waals surface area contributed by atoms with E-state index in [9.17, 15) is 9.59 Å². The van der Waals surface area contributed by atoms with E-state index < -0.39 is 0 Å². The van der Waals surface area contributed by atoms with Crippen LogP contribution in [0, 0.1) is 24.7 Å². The normalized spacial score (nSPS) is 21.6. The molecule has 0 atom stereocenters. The van der Waals surface area contributed by atoms with Gasteiger partial charge < -0.3 is 24.4 Å². The van der Waals surface area contributed by atoms with Crippen LogP contribution in [0.1, 0.15) is 68.4 Å². The molecule has 2 aliphatic carbocycles. The van der Waals surface area contributed by atoms with Gasteiger partial charge in [-0.2, -0.15) is 0 Å². The number of nitrogens with zero attached hydrogens (tertiary/aromatic N) is 2. The molecule has 0 spiro atoms. The quantitative estimate of drug-likeness (QED) is 0.216. The lowest BCUT2D eigenvalue weighted by molar-refractivity contribution is -0.129. The summed E-state index contributed by atoms with van der Waals surface area (Å²) in [5, 5.41) is 3.59. The lowest BCUT2D eigenvalue weighted by Crippen LogP contribution is -2.42. The number of methoxy groups -OCH3 is 3. The SMILES string of the molecule is COCCNC(=O)C1CCC(C(=O)N(CC2CCC(c3ccc(OC)c(C)c3)CC2)c2cccc(-c3cnc(OC)s3)c2)CC1. The molecule has 0 aliphatic heterocycles. The lowest BCUT2D eigenvalue weighted by Gasteiger charge is -2.36. The maximum absolute atomic E-state index is 14.3. The molecule has 242 valence electrons. The van der Waals surface area contributed by atoms with Crippen LogP contribution in [0.5, 0.6) is 10.9 Å². The molecule has 8 nitrogen and oxygen atoms in total. The minimum Gasteiger partial charge on any atom is -0.496 e. The summed E-state index contributed by atoms with van der Waals surface area (Å²) in [7, 11) is 4.98. The number of nitrogens with one attached hydrogen (secondary N) is 1. The molecule has 3 aromatic rings. The highest BCUT2D eigenvalue weighted by molar-refractivity contribution is 7.16. The number of carbonyl (C=O) groups excluding carboxylic acids is 2. The Kier molecular flexibility index (Phi) is 11.5. The first-order valence-corrected chi connectivity index (χ1v) is 17.0. The van der Waals surface area contributed by atoms with Crippen molar-refractivity contribution in [2.75, 3.05) is 45.9 Å². The summed E-state index contributed by atoms with van der Waals surface area (Å²) in [5.74, 6) is 2.03. The molecule has 2 saturated carbocycles. The maximum atomic E-state index is 14.3. The molecule has 2 fully saturated rings. The highest BCUT2D eigenvalue weighted by Gasteiger charge is 2.34. The van der Waals surface area contributed by atoms with Crippen LogP contribution in [-0.2, 0) is 14.3 Å². The fourth-order valence-electron chi connectivity index (χ4n) is 6.97. The topological polar surface area (TPSA) is 90.0 Å². The Labute approximate surface area is 271 Å². The summed E-state index contributed by atoms with van der Waals surface area (Å²) in [6.45, 7) is 3.84. The molecule has 1 heterocycles. The van der Waals surface area contributed by atoms with Crippen molar-refractivity contribution in [2.45, 2.75) is 64.2 Å². The molecule has 0 radical (unpaired) electrons. The van der Waals surface area contributed by atoms with Crippen LogP contribution in [0.25, 0.3) is 10.4 Å². The van der Waals surface area contributed by atoms with Crippen LogP contribution in [0.15, 0.2) is 48.7 Å². The summed E-state index contributed by atoms with van der Waals surface area (Å²) < 4.78 is 15.9. The molecule has 9 heteroatoms. The molecule has 45 heavy (non-hydrogen) atoms. The van der Waals surface area contributed by atoms with Gasteiger partial charge in [-0.3, -0.25) is 9.59 Å². The molecule has 2 aliphatic rings. The van der Waals surface area contributed by atoms with Crippen molar-refractivity contribution in [3.05, 3.63) is 59.8 Å². The molecule has 1 N–H and O–H groups in total. The number of benzene rings is 2. The Morgan fingerprint density at radius 3 is 2.36 bits per heavy atom. The van der Waals surface area contributed by atoms with Crippen LogP contribution >= 0.6 is 11.3 Å². The number of ether oxygens (including phenoxy) is 3. The van der Waals surface area contributed by atoms with Crippen molar-refractivity contribution < 1.29 is 23.8 Å². The standard InChI is InChI=1S/C36H47N3O5S/c1-24-20-29(16-17-32(24)43-3)26-10-8-25(9-11-26)23-39(31-7-5-6-30(21-31)33-22-38-36(44-4)45-33)35(41)28-14-12-27(13-15-28)34(40)37-18-19-42-2/h5-7,16-17,20-22,25-28H,8-15,18-19,23H2,1-4H3,(H,37,40). The molecular formula is C36H47N3O5S. The van der Waals surface area contributed by atoms with Crippen molar-refractivity contribution in [1.29, 1.82) is 0 Å². The molecule has 0 unspecified atom stereocenters. The Hall–Kier alpha value is -3.43. The van der Waals surface area contributed by atoms with Crippen LogP contribution in [-0.4, -0.2) is 57.8 Å². The van der Waals surface area contributed by atoms with E-state index in [-0.39, 0.29) is 23.7 Å². The Bertz CT molecular complexity index is 1430. The summed E-state index contributed by atoms with van der Waals surface area (Å²) >= 11 is 1.50. The zero-order valence-corrected chi connectivity index (χ0v) is 27.9. The predicted molar refractivity (Wildman–Crippen MR) is 179 cm³/mol. The van der Waals surface area contributed by atoms with Crippen molar-refractivity contribution in [2.24, 2.45) is 17.8 Å². The van der Waals surface area contributed by atoms with Crippen molar-refractivity contribution in [1.82, 2.24) is 10.3 Å². The van der Waals surface area contributed by atoms with Crippen molar-refractivity contribution in [3.8, 4) is 21.4 Å². The molecular weight excluding hydrogens is 586 g/mol. The minimum atomic E-state index is -0.0845. The van der Waals surface area contributed by atoms with E-state index >= 15 is 0 Å². The minimum absolute atomic E-state index is 0.0409. The first-order chi connectivity index (χ1) is 21.9. The largest absolute Gasteiger partial charge is 0.496 e. The van der Waals surface area contributed by atoms with E-state index in [2.05, 4.69) is 53.6 Å². The van der Waals surface area contributed by atoms with Gasteiger partial charge in [-0.1, -0.05) is 35.6 Å². The Morgan fingerprint density at radius 2 is 1.69 bits per heavy atom. The number of hydrogen-bond donors (Lipinski definition) is 1. The molecule has 2 aromatic carbocycles. The van der Waals surface area contributed by atoms with E-state index in [4.69, 9.17) is 14.2 Å². The number of rotatable bonds is 12. The highest BCUT2D eigenvalue weighted by atomic mass is 32.1. The third-order valence-corrected chi connectivity index (χ3v) is 10.6. The fraction of sp³-hybridized carbons (Fsp3) is 0.528. The van der Waals surface area contributed by atoms with Gasteiger partial charge in [0.15, 0.2) is 0 Å². The predicted octanol–water partition coefficient (Wildman–Crippen LogP) is 7.01. The van der Waals surface area contributed by atoms with Gasteiger partial charge in [0.25, 0.3) is 5.19 Å². The second kappa shape index (κ2) is 15.7. The van der Waals surface area contributed by atoms with Crippen LogP contribution in [0.3, 0.4) is 0 Å². The fourth-order valence-corrected chi connectivity index (χ4v) is 7.70. The highest BCUT2D eigenvalue weighted by Crippen LogP contribution is 2.40. The second-order valence-corrected chi connectivity index (χ2v) is 13.5. The monoisotopic (exact) mass is 633 g/mol. The van der Waals surface area contributed by atoms with Gasteiger partial charge in [0.2, 0.25) is 11.8 Å². The van der Waals surface area contributed by atoms with Gasteiger partial charge in [-0.05, 0) is 105 Å². The molecule has 0 saturated heterocycles. The van der Waals surface area contributed by atoms with Gasteiger partial charge >= 0.3 is 0 Å². The second-order valence-electron chi connectivity index (χ2n) is 12.5. The average Bonchev–Trinajstić information content (AvgIpc) is 3.57. The molecule has 1 aromatic heterocycles. The zero-order valence-electron chi connectivity index (χ0n) is 27.1. The first-order valence-electron chi connectivity index (χ1n) is 16.2. The van der Waals surface area contributed by atoms with E-state index in [1.807, 2.05) is 17.2 Å². The number of aromatic nitrogens is 1. The molecule has 0 bridgehead atoms. The van der Waals surface area contributed by atoms with E-state index in [1.54, 1.807) is 21.3 Å². The third kappa shape index (κ3) is 8.24. The van der Waals surface area contributed by atoms with E-state index in [1.165, 1.54) is 22.5 Å². The van der Waals surface area contributed by atoms with Crippen LogP contribution < -0.4 is 19.7 Å². The molecule has 5 rings (SSSR count).